The largest absolute Gasteiger partial charge is 0.460 e. The average molecular weight is 487 g/mol. The molecule has 0 spiro atoms. The lowest BCUT2D eigenvalue weighted by Gasteiger charge is -2.30. The van der Waals surface area contributed by atoms with E-state index in [1.54, 1.807) is 0 Å². The molecule has 6 heteroatoms. The van der Waals surface area contributed by atoms with Crippen LogP contribution < -0.4 is 0 Å². The minimum Gasteiger partial charge on any atom is -0.460 e. The number of ether oxygens (including phenoxy) is 2. The second kappa shape index (κ2) is 9.83. The Kier molecular flexibility index (Phi) is 6.40. The van der Waals surface area contributed by atoms with Crippen LogP contribution in [-0.4, -0.2) is 41.3 Å². The van der Waals surface area contributed by atoms with Gasteiger partial charge in [-0.15, -0.1) is 0 Å². The molecule has 1 aliphatic heterocycles. The van der Waals surface area contributed by atoms with Crippen LogP contribution in [0.15, 0.2) is 53.1 Å². The van der Waals surface area contributed by atoms with Gasteiger partial charge in [-0.2, -0.15) is 0 Å². The second-order valence-corrected chi connectivity index (χ2v) is 10.7. The Balaban J connectivity index is 1.07. The Hall–Kier alpha value is -2.96. The number of likely N-dealkylation sites (tertiary alicyclic amines) is 1. The molecule has 36 heavy (non-hydrogen) atoms. The molecule has 1 saturated heterocycles. The summed E-state index contributed by atoms with van der Waals surface area (Å²) < 4.78 is 18.0. The van der Waals surface area contributed by atoms with Crippen LogP contribution in [0.25, 0.3) is 11.3 Å². The monoisotopic (exact) mass is 486 g/mol. The normalized spacial score (nSPS) is 23.3. The maximum Gasteiger partial charge on any atom is 0.320 e. The summed E-state index contributed by atoms with van der Waals surface area (Å²) in [7, 11) is 0. The number of carbonyl (C=O) groups excluding carboxylic acids is 1. The first-order valence-corrected chi connectivity index (χ1v) is 13.2. The maximum absolute atomic E-state index is 12.4. The lowest BCUT2D eigenvalue weighted by molar-refractivity contribution is -0.147. The standard InChI is InChI=1S/C30H34N2O4/c1-19-7-6-8-20(2)28(19)29-25(30(36-31-29)22-11-12-22)18-34-26-14-24-13-23(26)15-32(24)16-27(33)35-17-21-9-4-3-5-10-21/h3-10,22-24,26H,11-18H2,1-2H3/t23-,24-,26+/m0/s1. The zero-order valence-corrected chi connectivity index (χ0v) is 21.1. The summed E-state index contributed by atoms with van der Waals surface area (Å²) in [5, 5.41) is 4.53. The minimum absolute atomic E-state index is 0.152. The molecule has 0 N–H and O–H groups in total. The third-order valence-electron chi connectivity index (χ3n) is 8.09. The van der Waals surface area contributed by atoms with Crippen LogP contribution in [0.5, 0.6) is 0 Å². The first-order chi connectivity index (χ1) is 17.6. The Morgan fingerprint density at radius 1 is 1.03 bits per heavy atom. The van der Waals surface area contributed by atoms with Crippen molar-refractivity contribution < 1.29 is 18.8 Å². The first kappa shape index (κ1) is 23.4. The molecule has 3 fully saturated rings. The Morgan fingerprint density at radius 2 is 1.81 bits per heavy atom. The SMILES string of the molecule is Cc1cccc(C)c1-c1noc(C2CC2)c1CO[C@@H]1C[C@@H]2C[C@H]1CN2CC(=O)OCc1ccccc1. The van der Waals surface area contributed by atoms with E-state index in [-0.39, 0.29) is 12.1 Å². The number of piperidine rings is 1. The molecule has 1 aromatic heterocycles. The number of carbonyl (C=O) groups is 1. The van der Waals surface area contributed by atoms with E-state index in [0.717, 1.165) is 54.8 Å². The lowest BCUT2D eigenvalue weighted by atomic mass is 9.96. The molecule has 3 atom stereocenters. The van der Waals surface area contributed by atoms with Gasteiger partial charge in [0.05, 0.1) is 19.3 Å². The van der Waals surface area contributed by atoms with Crippen molar-refractivity contribution in [2.45, 2.75) is 70.8 Å². The molecule has 6 rings (SSSR count). The van der Waals surface area contributed by atoms with E-state index in [4.69, 9.17) is 14.0 Å². The summed E-state index contributed by atoms with van der Waals surface area (Å²) in [5.74, 6) is 1.79. The van der Waals surface area contributed by atoms with E-state index >= 15 is 0 Å². The third kappa shape index (κ3) is 4.72. The predicted molar refractivity (Wildman–Crippen MR) is 136 cm³/mol. The van der Waals surface area contributed by atoms with Crippen LogP contribution in [0.4, 0.5) is 0 Å². The van der Waals surface area contributed by atoms with Gasteiger partial charge in [0.1, 0.15) is 18.1 Å². The van der Waals surface area contributed by atoms with E-state index in [9.17, 15) is 4.79 Å². The van der Waals surface area contributed by atoms with E-state index in [1.165, 1.54) is 16.7 Å². The molecule has 2 heterocycles. The van der Waals surface area contributed by atoms with Crippen molar-refractivity contribution >= 4 is 5.97 Å². The van der Waals surface area contributed by atoms with Crippen LogP contribution in [0.2, 0.25) is 0 Å². The molecular formula is C30H34N2O4. The minimum atomic E-state index is -0.152. The highest BCUT2D eigenvalue weighted by Crippen LogP contribution is 2.46. The molecule has 2 aromatic carbocycles. The summed E-state index contributed by atoms with van der Waals surface area (Å²) in [6.07, 6.45) is 4.58. The summed E-state index contributed by atoms with van der Waals surface area (Å²) in [6.45, 7) is 6.37. The summed E-state index contributed by atoms with van der Waals surface area (Å²) in [6, 6.07) is 16.6. The van der Waals surface area contributed by atoms with Crippen molar-refractivity contribution in [3.05, 3.63) is 76.5 Å². The molecular weight excluding hydrogens is 452 g/mol. The third-order valence-corrected chi connectivity index (χ3v) is 8.09. The van der Waals surface area contributed by atoms with Crippen molar-refractivity contribution in [3.63, 3.8) is 0 Å². The van der Waals surface area contributed by atoms with Crippen molar-refractivity contribution in [2.75, 3.05) is 13.1 Å². The quantitative estimate of drug-likeness (QED) is 0.369. The summed E-state index contributed by atoms with van der Waals surface area (Å²) in [5.41, 5.74) is 6.67. The smallest absolute Gasteiger partial charge is 0.320 e. The number of benzene rings is 2. The zero-order valence-electron chi connectivity index (χ0n) is 21.1. The molecule has 3 aliphatic rings. The Morgan fingerprint density at radius 3 is 2.50 bits per heavy atom. The van der Waals surface area contributed by atoms with Gasteiger partial charge in [0.25, 0.3) is 0 Å². The van der Waals surface area contributed by atoms with Crippen molar-refractivity contribution in [1.29, 1.82) is 0 Å². The van der Waals surface area contributed by atoms with Crippen molar-refractivity contribution in [3.8, 4) is 11.3 Å². The zero-order chi connectivity index (χ0) is 24.6. The summed E-state index contributed by atoms with van der Waals surface area (Å²) >= 11 is 0. The van der Waals surface area contributed by atoms with Gasteiger partial charge < -0.3 is 14.0 Å². The van der Waals surface area contributed by atoms with Crippen molar-refractivity contribution in [2.24, 2.45) is 5.92 Å². The average Bonchev–Trinajstić information content (AvgIpc) is 3.35. The molecule has 2 saturated carbocycles. The highest BCUT2D eigenvalue weighted by Gasteiger charge is 2.46. The van der Waals surface area contributed by atoms with Crippen LogP contribution in [0.3, 0.4) is 0 Å². The number of esters is 1. The van der Waals surface area contributed by atoms with Crippen LogP contribution in [-0.2, 0) is 27.5 Å². The topological polar surface area (TPSA) is 64.8 Å². The number of hydrogen-bond acceptors (Lipinski definition) is 6. The number of fused-ring (bicyclic) bond motifs is 2. The van der Waals surface area contributed by atoms with E-state index in [0.29, 0.717) is 37.6 Å². The van der Waals surface area contributed by atoms with Gasteiger partial charge >= 0.3 is 5.97 Å². The number of aryl methyl sites for hydroxylation is 2. The van der Waals surface area contributed by atoms with Gasteiger partial charge in [0.15, 0.2) is 0 Å². The van der Waals surface area contributed by atoms with Crippen molar-refractivity contribution in [1.82, 2.24) is 10.1 Å². The molecule has 0 unspecified atom stereocenters. The van der Waals surface area contributed by atoms with Crippen LogP contribution in [0.1, 0.15) is 59.6 Å². The van der Waals surface area contributed by atoms with Gasteiger partial charge in [0, 0.05) is 29.6 Å². The van der Waals surface area contributed by atoms with Gasteiger partial charge in [-0.25, -0.2) is 0 Å². The highest BCUT2D eigenvalue weighted by atomic mass is 16.5. The fourth-order valence-electron chi connectivity index (χ4n) is 6.05. The fraction of sp³-hybridized carbons (Fsp3) is 0.467. The molecule has 188 valence electrons. The van der Waals surface area contributed by atoms with Crippen LogP contribution in [0, 0.1) is 19.8 Å². The van der Waals surface area contributed by atoms with Gasteiger partial charge in [0.2, 0.25) is 0 Å². The number of rotatable bonds is 9. The fourth-order valence-corrected chi connectivity index (χ4v) is 6.05. The lowest BCUT2D eigenvalue weighted by Crippen LogP contribution is -2.41. The Bertz CT molecular complexity index is 1210. The maximum atomic E-state index is 12.4. The van der Waals surface area contributed by atoms with E-state index in [2.05, 4.69) is 42.1 Å². The van der Waals surface area contributed by atoms with Crippen LogP contribution >= 0.6 is 0 Å². The van der Waals surface area contributed by atoms with Gasteiger partial charge in [-0.05, 0) is 62.1 Å². The van der Waals surface area contributed by atoms with Gasteiger partial charge in [-0.1, -0.05) is 53.7 Å². The number of aromatic nitrogens is 1. The second-order valence-electron chi connectivity index (χ2n) is 10.7. The number of nitrogens with zero attached hydrogens (tertiary/aromatic N) is 2. The van der Waals surface area contributed by atoms with E-state index < -0.39 is 0 Å². The Labute approximate surface area is 212 Å². The molecule has 2 aliphatic carbocycles. The highest BCUT2D eigenvalue weighted by molar-refractivity contribution is 5.72. The molecule has 0 amide bonds. The van der Waals surface area contributed by atoms with Gasteiger partial charge in [-0.3, -0.25) is 9.69 Å². The molecule has 2 bridgehead atoms. The predicted octanol–water partition coefficient (Wildman–Crippen LogP) is 5.56. The summed E-state index contributed by atoms with van der Waals surface area (Å²) in [4.78, 5) is 14.7. The molecule has 3 aromatic rings. The van der Waals surface area contributed by atoms with E-state index in [1.807, 2.05) is 30.3 Å². The first-order valence-electron chi connectivity index (χ1n) is 13.2. The number of hydrogen-bond donors (Lipinski definition) is 0. The molecule has 0 radical (unpaired) electrons. The molecule has 6 nitrogen and oxygen atoms in total.